The van der Waals surface area contributed by atoms with Crippen LogP contribution in [0.3, 0.4) is 0 Å². The summed E-state index contributed by atoms with van der Waals surface area (Å²) in [6.07, 6.45) is 6.16. The third-order valence-corrected chi connectivity index (χ3v) is 2.10. The Balaban J connectivity index is 0. The second-order valence-electron chi connectivity index (χ2n) is 3.93. The molecule has 0 amide bonds. The maximum absolute atomic E-state index is 8.70. The van der Waals surface area contributed by atoms with Crippen molar-refractivity contribution in [3.05, 3.63) is 0 Å². The first-order valence-corrected chi connectivity index (χ1v) is 6.19. The Morgan fingerprint density at radius 2 is 1.06 bits per heavy atom. The summed E-state index contributed by atoms with van der Waals surface area (Å²) in [6, 6.07) is 0. The van der Waals surface area contributed by atoms with Crippen molar-refractivity contribution in [3.8, 4) is 0 Å². The molecule has 0 fully saturated rings. The molecule has 0 spiro atoms. The molecule has 0 aromatic rings. The summed E-state index contributed by atoms with van der Waals surface area (Å²) >= 11 is 0. The van der Waals surface area contributed by atoms with Gasteiger partial charge in [-0.25, -0.2) is 0 Å². The number of hydrogen-bond acceptors (Lipinski definition) is 4. The average molecular weight is 236 g/mol. The molecule has 1 unspecified atom stereocenters. The van der Waals surface area contributed by atoms with Gasteiger partial charge in [0, 0.05) is 19.8 Å². The van der Waals surface area contributed by atoms with Gasteiger partial charge in [-0.3, -0.25) is 0 Å². The summed E-state index contributed by atoms with van der Waals surface area (Å²) in [4.78, 5) is 0. The third-order valence-electron chi connectivity index (χ3n) is 2.10. The lowest BCUT2D eigenvalue weighted by Gasteiger charge is -1.99. The molecule has 0 rings (SSSR count). The molecule has 0 heterocycles. The number of hydrogen-bond donors (Lipinski definition) is 4. The first kappa shape index (κ1) is 18.2. The van der Waals surface area contributed by atoms with Crippen LogP contribution in [0.5, 0.6) is 0 Å². The zero-order valence-corrected chi connectivity index (χ0v) is 10.4. The van der Waals surface area contributed by atoms with Crippen molar-refractivity contribution >= 4 is 0 Å². The molecular formula is C12H28O4. The SMILES string of the molecule is CC(O)CCCCO.OCCCCCCO. The summed E-state index contributed by atoms with van der Waals surface area (Å²) in [5.41, 5.74) is 0. The highest BCUT2D eigenvalue weighted by Gasteiger charge is 1.92. The zero-order valence-electron chi connectivity index (χ0n) is 10.4. The predicted octanol–water partition coefficient (Wildman–Crippen LogP) is 1.06. The van der Waals surface area contributed by atoms with Gasteiger partial charge in [-0.15, -0.1) is 0 Å². The minimum atomic E-state index is -0.207. The first-order valence-electron chi connectivity index (χ1n) is 6.19. The van der Waals surface area contributed by atoms with Crippen LogP contribution in [0.4, 0.5) is 0 Å². The van der Waals surface area contributed by atoms with Gasteiger partial charge in [-0.05, 0) is 39.0 Å². The number of rotatable bonds is 9. The van der Waals surface area contributed by atoms with Crippen LogP contribution < -0.4 is 0 Å². The van der Waals surface area contributed by atoms with Gasteiger partial charge in [0.05, 0.1) is 6.10 Å². The zero-order chi connectivity index (χ0) is 12.6. The van der Waals surface area contributed by atoms with Crippen molar-refractivity contribution in [2.24, 2.45) is 0 Å². The van der Waals surface area contributed by atoms with Crippen molar-refractivity contribution in [2.45, 2.75) is 58.0 Å². The second kappa shape index (κ2) is 17.2. The number of unbranched alkanes of at least 4 members (excludes halogenated alkanes) is 4. The summed E-state index contributed by atoms with van der Waals surface area (Å²) < 4.78 is 0. The smallest absolute Gasteiger partial charge is 0.0512 e. The van der Waals surface area contributed by atoms with Gasteiger partial charge in [0.2, 0.25) is 0 Å². The fourth-order valence-corrected chi connectivity index (χ4v) is 1.13. The molecule has 1 atom stereocenters. The molecule has 100 valence electrons. The minimum Gasteiger partial charge on any atom is -0.396 e. The first-order chi connectivity index (χ1) is 7.68. The molecule has 0 aliphatic carbocycles. The number of aliphatic hydroxyl groups excluding tert-OH is 4. The van der Waals surface area contributed by atoms with Crippen LogP contribution >= 0.6 is 0 Å². The summed E-state index contributed by atoms with van der Waals surface area (Å²) in [6.45, 7) is 2.57. The summed E-state index contributed by atoms with van der Waals surface area (Å²) in [7, 11) is 0. The minimum absolute atomic E-state index is 0.207. The van der Waals surface area contributed by atoms with E-state index in [0.717, 1.165) is 44.9 Å². The molecule has 16 heavy (non-hydrogen) atoms. The highest BCUT2D eigenvalue weighted by molar-refractivity contribution is 4.46. The molecule has 4 nitrogen and oxygen atoms in total. The Kier molecular flexibility index (Phi) is 19.6. The second-order valence-corrected chi connectivity index (χ2v) is 3.93. The van der Waals surface area contributed by atoms with Gasteiger partial charge in [0.1, 0.15) is 0 Å². The summed E-state index contributed by atoms with van der Waals surface area (Å²) in [5.74, 6) is 0. The molecule has 0 radical (unpaired) electrons. The van der Waals surface area contributed by atoms with E-state index >= 15 is 0 Å². The van der Waals surface area contributed by atoms with E-state index in [9.17, 15) is 0 Å². The summed E-state index contributed by atoms with van der Waals surface area (Å²) in [5, 5.41) is 33.6. The molecular weight excluding hydrogens is 208 g/mol. The Morgan fingerprint density at radius 3 is 1.38 bits per heavy atom. The van der Waals surface area contributed by atoms with Crippen molar-refractivity contribution < 1.29 is 20.4 Å². The highest BCUT2D eigenvalue weighted by atomic mass is 16.3. The molecule has 0 aliphatic heterocycles. The van der Waals surface area contributed by atoms with E-state index in [2.05, 4.69) is 0 Å². The Hall–Kier alpha value is -0.160. The lowest BCUT2D eigenvalue weighted by molar-refractivity contribution is 0.175. The normalized spacial score (nSPS) is 11.8. The molecule has 0 saturated heterocycles. The fourth-order valence-electron chi connectivity index (χ4n) is 1.13. The van der Waals surface area contributed by atoms with E-state index in [1.807, 2.05) is 0 Å². The van der Waals surface area contributed by atoms with Gasteiger partial charge >= 0.3 is 0 Å². The van der Waals surface area contributed by atoms with Crippen LogP contribution in [-0.2, 0) is 0 Å². The van der Waals surface area contributed by atoms with Crippen LogP contribution in [0, 0.1) is 0 Å². The van der Waals surface area contributed by atoms with Crippen LogP contribution in [0.15, 0.2) is 0 Å². The molecule has 0 aliphatic rings. The largest absolute Gasteiger partial charge is 0.396 e. The monoisotopic (exact) mass is 236 g/mol. The van der Waals surface area contributed by atoms with Gasteiger partial charge in [-0.2, -0.15) is 0 Å². The lowest BCUT2D eigenvalue weighted by Crippen LogP contribution is -1.98. The van der Waals surface area contributed by atoms with E-state index in [-0.39, 0.29) is 25.9 Å². The van der Waals surface area contributed by atoms with Gasteiger partial charge < -0.3 is 20.4 Å². The molecule has 0 aromatic heterocycles. The quantitative estimate of drug-likeness (QED) is 0.451. The average Bonchev–Trinajstić information content (AvgIpc) is 2.25. The van der Waals surface area contributed by atoms with E-state index < -0.39 is 0 Å². The van der Waals surface area contributed by atoms with Crippen LogP contribution in [0.2, 0.25) is 0 Å². The Bertz CT molecular complexity index is 101. The van der Waals surface area contributed by atoms with Crippen molar-refractivity contribution in [1.82, 2.24) is 0 Å². The Morgan fingerprint density at radius 1 is 0.688 bits per heavy atom. The van der Waals surface area contributed by atoms with E-state index in [0.29, 0.717) is 0 Å². The predicted molar refractivity (Wildman–Crippen MR) is 65.3 cm³/mol. The van der Waals surface area contributed by atoms with Crippen LogP contribution in [-0.4, -0.2) is 46.4 Å². The van der Waals surface area contributed by atoms with Crippen molar-refractivity contribution in [1.29, 1.82) is 0 Å². The fraction of sp³-hybridized carbons (Fsp3) is 1.00. The molecule has 4 N–H and O–H groups in total. The standard InChI is InChI=1S/2C6H14O2/c1-6(8)4-2-3-5-7;7-5-3-1-2-4-6-8/h6-8H,2-5H2,1H3;7-8H,1-6H2. The van der Waals surface area contributed by atoms with E-state index in [1.165, 1.54) is 0 Å². The number of aliphatic hydroxyl groups is 4. The lowest BCUT2D eigenvalue weighted by atomic mass is 10.2. The van der Waals surface area contributed by atoms with Gasteiger partial charge in [0.25, 0.3) is 0 Å². The topological polar surface area (TPSA) is 80.9 Å². The molecule has 4 heteroatoms. The Labute approximate surface area is 98.9 Å². The molecule has 0 saturated carbocycles. The third kappa shape index (κ3) is 23.6. The molecule has 0 bridgehead atoms. The van der Waals surface area contributed by atoms with Gasteiger partial charge in [0.15, 0.2) is 0 Å². The molecule has 0 aromatic carbocycles. The van der Waals surface area contributed by atoms with Gasteiger partial charge in [-0.1, -0.05) is 12.8 Å². The van der Waals surface area contributed by atoms with E-state index in [4.69, 9.17) is 20.4 Å². The maximum atomic E-state index is 8.70. The van der Waals surface area contributed by atoms with Crippen LogP contribution in [0.1, 0.15) is 51.9 Å². The van der Waals surface area contributed by atoms with Crippen molar-refractivity contribution in [3.63, 3.8) is 0 Å². The maximum Gasteiger partial charge on any atom is 0.0512 e. The van der Waals surface area contributed by atoms with Crippen molar-refractivity contribution in [2.75, 3.05) is 19.8 Å². The van der Waals surface area contributed by atoms with Crippen LogP contribution in [0.25, 0.3) is 0 Å². The van der Waals surface area contributed by atoms with E-state index in [1.54, 1.807) is 6.92 Å². The highest BCUT2D eigenvalue weighted by Crippen LogP contribution is 1.98.